The van der Waals surface area contributed by atoms with Crippen molar-refractivity contribution in [1.82, 2.24) is 15.0 Å². The zero-order valence-electron chi connectivity index (χ0n) is 19.7. The third-order valence-corrected chi connectivity index (χ3v) is 7.32. The molecule has 0 radical (unpaired) electrons. The molecular formula is C27H23ClF3N5O. The Morgan fingerprint density at radius 2 is 1.81 bits per heavy atom. The number of aliphatic hydroxyl groups excluding tert-OH is 1. The summed E-state index contributed by atoms with van der Waals surface area (Å²) in [6.07, 6.45) is 2.40. The van der Waals surface area contributed by atoms with Gasteiger partial charge in [0, 0.05) is 48.6 Å². The summed E-state index contributed by atoms with van der Waals surface area (Å²) in [4.78, 5) is 17.4. The number of hydrogen-bond donors (Lipinski definition) is 1. The van der Waals surface area contributed by atoms with Crippen molar-refractivity contribution in [3.8, 4) is 11.1 Å². The van der Waals surface area contributed by atoms with E-state index in [0.29, 0.717) is 40.4 Å². The van der Waals surface area contributed by atoms with Gasteiger partial charge in [0.1, 0.15) is 35.0 Å². The van der Waals surface area contributed by atoms with Gasteiger partial charge in [-0.15, -0.1) is 0 Å². The van der Waals surface area contributed by atoms with Crippen LogP contribution in [0.4, 0.5) is 24.8 Å². The Labute approximate surface area is 216 Å². The van der Waals surface area contributed by atoms with Crippen LogP contribution >= 0.6 is 11.6 Å². The highest BCUT2D eigenvalue weighted by Crippen LogP contribution is 2.40. The Kier molecular flexibility index (Phi) is 6.12. The van der Waals surface area contributed by atoms with Crippen LogP contribution in [0.15, 0.2) is 54.9 Å². The van der Waals surface area contributed by atoms with E-state index in [9.17, 15) is 18.3 Å². The number of alkyl halides is 1. The summed E-state index contributed by atoms with van der Waals surface area (Å²) >= 11 is 6.58. The molecule has 5 heterocycles. The van der Waals surface area contributed by atoms with Gasteiger partial charge in [-0.1, -0.05) is 11.6 Å². The number of hydrogen-bond acceptors (Lipinski definition) is 6. The summed E-state index contributed by atoms with van der Waals surface area (Å²) in [5.74, 6) is 0.00729. The molecule has 6 rings (SSSR count). The number of benzene rings is 1. The van der Waals surface area contributed by atoms with Gasteiger partial charge in [0.2, 0.25) is 0 Å². The first kappa shape index (κ1) is 23.9. The highest BCUT2D eigenvalue weighted by Gasteiger charge is 2.36. The quantitative estimate of drug-likeness (QED) is 0.380. The second-order valence-corrected chi connectivity index (χ2v) is 9.89. The number of β-amino-alcohol motifs (C(OH)–C–C–N with tert-alkyl or cyclic N) is 1. The molecule has 2 fully saturated rings. The van der Waals surface area contributed by atoms with Gasteiger partial charge in [0.05, 0.1) is 29.2 Å². The van der Waals surface area contributed by atoms with Crippen molar-refractivity contribution in [1.29, 1.82) is 0 Å². The Morgan fingerprint density at radius 1 is 0.973 bits per heavy atom. The lowest BCUT2D eigenvalue weighted by atomic mass is 10.0. The van der Waals surface area contributed by atoms with Crippen molar-refractivity contribution in [2.24, 2.45) is 0 Å². The minimum atomic E-state index is -1.22. The fourth-order valence-electron chi connectivity index (χ4n) is 5.24. The predicted molar refractivity (Wildman–Crippen MR) is 137 cm³/mol. The van der Waals surface area contributed by atoms with Crippen LogP contribution in [0.1, 0.15) is 24.4 Å². The maximum absolute atomic E-state index is 14.6. The molecule has 0 unspecified atom stereocenters. The summed E-state index contributed by atoms with van der Waals surface area (Å²) in [6.45, 7) is 1.27. The summed E-state index contributed by atoms with van der Waals surface area (Å²) in [6, 6.07) is 9.74. The minimum absolute atomic E-state index is 0.000390. The normalized spacial score (nSPS) is 21.8. The first-order valence-corrected chi connectivity index (χ1v) is 12.5. The average molecular weight is 526 g/mol. The van der Waals surface area contributed by atoms with Crippen molar-refractivity contribution in [2.45, 2.75) is 31.2 Å². The number of nitrogens with zero attached hydrogens (tertiary/aromatic N) is 5. The van der Waals surface area contributed by atoms with Crippen LogP contribution in [0, 0.1) is 11.6 Å². The zero-order valence-corrected chi connectivity index (χ0v) is 20.4. The van der Waals surface area contributed by atoms with Gasteiger partial charge < -0.3 is 14.9 Å². The maximum atomic E-state index is 14.6. The topological polar surface area (TPSA) is 65.4 Å². The Hall–Kier alpha value is -3.43. The molecule has 0 spiro atoms. The van der Waals surface area contributed by atoms with Crippen molar-refractivity contribution >= 4 is 34.3 Å². The maximum Gasteiger partial charge on any atom is 0.130 e. The zero-order chi connectivity index (χ0) is 25.7. The first-order valence-electron chi connectivity index (χ1n) is 12.1. The van der Waals surface area contributed by atoms with Crippen LogP contribution in [0.25, 0.3) is 22.2 Å². The average Bonchev–Trinajstić information content (AvgIpc) is 3.50. The predicted octanol–water partition coefficient (Wildman–Crippen LogP) is 5.48. The Morgan fingerprint density at radius 3 is 2.57 bits per heavy atom. The van der Waals surface area contributed by atoms with E-state index in [2.05, 4.69) is 9.97 Å². The molecule has 0 amide bonds. The fourth-order valence-corrected chi connectivity index (χ4v) is 5.49. The molecule has 6 nitrogen and oxygen atoms in total. The van der Waals surface area contributed by atoms with E-state index in [-0.39, 0.29) is 24.6 Å². The molecule has 1 N–H and O–H groups in total. The van der Waals surface area contributed by atoms with Crippen LogP contribution in [0.5, 0.6) is 0 Å². The molecule has 2 aliphatic rings. The highest BCUT2D eigenvalue weighted by atomic mass is 35.5. The largest absolute Gasteiger partial charge is 0.391 e. The van der Waals surface area contributed by atoms with Crippen LogP contribution in [0.3, 0.4) is 0 Å². The van der Waals surface area contributed by atoms with Gasteiger partial charge in [0.25, 0.3) is 0 Å². The molecule has 3 aromatic heterocycles. The van der Waals surface area contributed by atoms with Crippen LogP contribution in [-0.4, -0.2) is 52.0 Å². The Balaban J connectivity index is 1.40. The van der Waals surface area contributed by atoms with Gasteiger partial charge in [-0.3, -0.25) is 4.98 Å². The number of rotatable bonds is 4. The van der Waals surface area contributed by atoms with E-state index in [1.54, 1.807) is 29.4 Å². The van der Waals surface area contributed by atoms with Crippen molar-refractivity contribution in [2.75, 3.05) is 29.4 Å². The number of anilines is 2. The number of fused-ring (bicyclic) bond motifs is 1. The van der Waals surface area contributed by atoms with Crippen LogP contribution < -0.4 is 9.80 Å². The molecule has 2 aliphatic heterocycles. The SMILES string of the molecule is O[C@H]1CCN(c2ccc(-c3c(Cl)cnc4ccc(N5C[C@@H](F)C[C@@H]5c5cc(F)ccc5F)nc34)cn2)C1. The minimum Gasteiger partial charge on any atom is -0.391 e. The fraction of sp³-hybridized carbons (Fsp3) is 0.296. The van der Waals surface area contributed by atoms with Crippen molar-refractivity contribution in [3.05, 3.63) is 77.1 Å². The first-order chi connectivity index (χ1) is 17.9. The van der Waals surface area contributed by atoms with E-state index in [1.165, 1.54) is 0 Å². The standard InChI is InChI=1S/C27H23ClF3N5O/c28-20-12-32-22-4-6-25(36-13-17(30)10-23(36)19-9-16(29)2-3-21(19)31)34-27(22)26(20)15-1-5-24(33-11-15)35-8-7-18(37)14-35/h1-6,9,11-12,17-18,23,37H,7-8,10,13-14H2/t17-,18-,23+/m0/s1. The summed E-state index contributed by atoms with van der Waals surface area (Å²) in [5.41, 5.74) is 2.52. The van der Waals surface area contributed by atoms with E-state index in [4.69, 9.17) is 16.6 Å². The Bertz CT molecular complexity index is 1470. The van der Waals surface area contributed by atoms with Crippen LogP contribution in [0.2, 0.25) is 5.02 Å². The van der Waals surface area contributed by atoms with Crippen molar-refractivity contribution < 1.29 is 18.3 Å². The molecule has 2 saturated heterocycles. The van der Waals surface area contributed by atoms with Crippen LogP contribution in [-0.2, 0) is 0 Å². The lowest BCUT2D eigenvalue weighted by Crippen LogP contribution is -2.25. The molecule has 0 aliphatic carbocycles. The molecule has 37 heavy (non-hydrogen) atoms. The van der Waals surface area contributed by atoms with E-state index < -0.39 is 23.8 Å². The van der Waals surface area contributed by atoms with Crippen molar-refractivity contribution in [3.63, 3.8) is 0 Å². The van der Waals surface area contributed by atoms with E-state index in [1.807, 2.05) is 17.0 Å². The summed E-state index contributed by atoms with van der Waals surface area (Å²) in [7, 11) is 0. The third-order valence-electron chi connectivity index (χ3n) is 7.04. The molecule has 190 valence electrons. The van der Waals surface area contributed by atoms with Gasteiger partial charge in [0.15, 0.2) is 0 Å². The second-order valence-electron chi connectivity index (χ2n) is 9.48. The molecule has 4 aromatic rings. The van der Waals surface area contributed by atoms with Gasteiger partial charge in [-0.25, -0.2) is 23.1 Å². The van der Waals surface area contributed by atoms with E-state index in [0.717, 1.165) is 36.1 Å². The smallest absolute Gasteiger partial charge is 0.130 e. The number of halogens is 4. The van der Waals surface area contributed by atoms with E-state index >= 15 is 0 Å². The number of pyridine rings is 3. The second kappa shape index (κ2) is 9.46. The van der Waals surface area contributed by atoms with Gasteiger partial charge in [-0.05, 0) is 48.9 Å². The lowest BCUT2D eigenvalue weighted by Gasteiger charge is -2.26. The summed E-state index contributed by atoms with van der Waals surface area (Å²) < 4.78 is 43.1. The lowest BCUT2D eigenvalue weighted by molar-refractivity contribution is 0.198. The monoisotopic (exact) mass is 525 g/mol. The molecule has 0 saturated carbocycles. The molecular weight excluding hydrogens is 503 g/mol. The molecule has 3 atom stereocenters. The number of aromatic nitrogens is 3. The molecule has 1 aromatic carbocycles. The highest BCUT2D eigenvalue weighted by molar-refractivity contribution is 6.34. The van der Waals surface area contributed by atoms with Gasteiger partial charge >= 0.3 is 0 Å². The molecule has 10 heteroatoms. The summed E-state index contributed by atoms with van der Waals surface area (Å²) in [5, 5.41) is 10.2. The molecule has 0 bridgehead atoms. The van der Waals surface area contributed by atoms with Gasteiger partial charge in [-0.2, -0.15) is 0 Å². The number of aliphatic hydroxyl groups is 1. The third kappa shape index (κ3) is 4.46.